The van der Waals surface area contributed by atoms with E-state index in [1.165, 1.54) is 6.07 Å². The van der Waals surface area contributed by atoms with Gasteiger partial charge in [0.2, 0.25) is 11.7 Å². The van der Waals surface area contributed by atoms with Crippen LogP contribution in [-0.4, -0.2) is 11.7 Å². The number of aryl methyl sites for hydroxylation is 1. The first-order valence-corrected chi connectivity index (χ1v) is 11.3. The summed E-state index contributed by atoms with van der Waals surface area (Å²) in [5, 5.41) is 3.55. The number of amides is 1. The van der Waals surface area contributed by atoms with Crippen LogP contribution in [0.3, 0.4) is 0 Å². The highest BCUT2D eigenvalue weighted by molar-refractivity contribution is 6.17. The van der Waals surface area contributed by atoms with Crippen LogP contribution in [0.1, 0.15) is 38.7 Å². The maximum absolute atomic E-state index is 14.2. The second-order valence-electron chi connectivity index (χ2n) is 8.34. The smallest absolute Gasteiger partial charge is 0.236 e. The average Bonchev–Trinajstić information content (AvgIpc) is 3.25. The maximum atomic E-state index is 14.2. The van der Waals surface area contributed by atoms with Crippen molar-refractivity contribution in [2.75, 3.05) is 5.32 Å². The van der Waals surface area contributed by atoms with E-state index < -0.39 is 17.5 Å². The molecule has 0 aliphatic heterocycles. The van der Waals surface area contributed by atoms with Crippen LogP contribution in [0.2, 0.25) is 0 Å². The van der Waals surface area contributed by atoms with Crippen molar-refractivity contribution in [1.29, 1.82) is 0 Å². The van der Waals surface area contributed by atoms with Gasteiger partial charge >= 0.3 is 0 Å². The Kier molecular flexibility index (Phi) is 5.98. The van der Waals surface area contributed by atoms with Gasteiger partial charge in [0.25, 0.3) is 0 Å². The van der Waals surface area contributed by atoms with Gasteiger partial charge in [-0.3, -0.25) is 9.59 Å². The van der Waals surface area contributed by atoms with Gasteiger partial charge in [0.05, 0.1) is 11.6 Å². The molecule has 172 valence electrons. The number of ketones is 1. The SMILES string of the molecule is Cc1ccc(C(=O)c2oc3ccccc3c2NC(=O)C(c2ccccc2)c2ccccc2)cc1F. The topological polar surface area (TPSA) is 59.3 Å². The largest absolute Gasteiger partial charge is 0.450 e. The molecule has 0 fully saturated rings. The van der Waals surface area contributed by atoms with Crippen LogP contribution < -0.4 is 5.32 Å². The highest BCUT2D eigenvalue weighted by atomic mass is 19.1. The van der Waals surface area contributed by atoms with Gasteiger partial charge in [0, 0.05) is 10.9 Å². The van der Waals surface area contributed by atoms with E-state index in [2.05, 4.69) is 5.32 Å². The number of nitrogens with one attached hydrogen (secondary N) is 1. The fourth-order valence-electron chi connectivity index (χ4n) is 4.18. The molecule has 5 heteroatoms. The zero-order valence-electron chi connectivity index (χ0n) is 19.0. The molecule has 5 rings (SSSR count). The van der Waals surface area contributed by atoms with Crippen LogP contribution in [0.4, 0.5) is 10.1 Å². The lowest BCUT2D eigenvalue weighted by atomic mass is 9.90. The Morgan fingerprint density at radius 2 is 1.40 bits per heavy atom. The summed E-state index contributed by atoms with van der Waals surface area (Å²) < 4.78 is 20.1. The zero-order chi connectivity index (χ0) is 24.4. The summed E-state index contributed by atoms with van der Waals surface area (Å²) in [6.07, 6.45) is 0. The first-order chi connectivity index (χ1) is 17.0. The van der Waals surface area contributed by atoms with E-state index in [4.69, 9.17) is 4.42 Å². The predicted molar refractivity (Wildman–Crippen MR) is 134 cm³/mol. The third kappa shape index (κ3) is 4.36. The Bertz CT molecular complexity index is 1480. The van der Waals surface area contributed by atoms with E-state index >= 15 is 0 Å². The molecule has 1 aromatic heterocycles. The number of carbonyl (C=O) groups is 2. The van der Waals surface area contributed by atoms with Gasteiger partial charge in [-0.2, -0.15) is 0 Å². The molecule has 4 nitrogen and oxygen atoms in total. The van der Waals surface area contributed by atoms with Crippen molar-refractivity contribution < 1.29 is 18.4 Å². The van der Waals surface area contributed by atoms with Crippen LogP contribution in [0.25, 0.3) is 11.0 Å². The number of fused-ring (bicyclic) bond motifs is 1. The zero-order valence-corrected chi connectivity index (χ0v) is 19.0. The lowest BCUT2D eigenvalue weighted by Crippen LogP contribution is -2.23. The van der Waals surface area contributed by atoms with E-state index in [1.54, 1.807) is 43.3 Å². The molecule has 0 radical (unpaired) electrons. The first-order valence-electron chi connectivity index (χ1n) is 11.3. The molecule has 0 saturated carbocycles. The number of carbonyl (C=O) groups excluding carboxylic acids is 2. The number of halogens is 1. The van der Waals surface area contributed by atoms with Crippen molar-refractivity contribution in [2.24, 2.45) is 0 Å². The number of hydrogen-bond donors (Lipinski definition) is 1. The molecule has 0 bridgehead atoms. The predicted octanol–water partition coefficient (Wildman–Crippen LogP) is 6.88. The quantitative estimate of drug-likeness (QED) is 0.279. The second kappa shape index (κ2) is 9.39. The van der Waals surface area contributed by atoms with E-state index in [1.807, 2.05) is 60.7 Å². The molecule has 0 aliphatic rings. The molecule has 1 heterocycles. The van der Waals surface area contributed by atoms with Crippen molar-refractivity contribution in [2.45, 2.75) is 12.8 Å². The second-order valence-corrected chi connectivity index (χ2v) is 8.34. The Morgan fingerprint density at radius 1 is 0.800 bits per heavy atom. The maximum Gasteiger partial charge on any atom is 0.236 e. The number of hydrogen-bond acceptors (Lipinski definition) is 3. The average molecular weight is 464 g/mol. The Morgan fingerprint density at radius 3 is 2.03 bits per heavy atom. The van der Waals surface area contributed by atoms with Gasteiger partial charge in [-0.15, -0.1) is 0 Å². The van der Waals surface area contributed by atoms with Gasteiger partial charge in [-0.05, 0) is 41.8 Å². The Hall–Kier alpha value is -4.51. The van der Waals surface area contributed by atoms with Crippen LogP contribution >= 0.6 is 0 Å². The molecule has 0 saturated heterocycles. The normalized spacial score (nSPS) is 11.1. The van der Waals surface area contributed by atoms with E-state index in [0.717, 1.165) is 11.1 Å². The summed E-state index contributed by atoms with van der Waals surface area (Å²) in [5.74, 6) is -1.94. The standard InChI is InChI=1S/C30H22FNO3/c1-19-16-17-22(18-24(19)31)28(33)29-27(23-14-8-9-15-25(23)35-29)32-30(34)26(20-10-4-2-5-11-20)21-12-6-3-7-13-21/h2-18,26H,1H3,(H,32,34). The van der Waals surface area contributed by atoms with Crippen LogP contribution in [0.5, 0.6) is 0 Å². The minimum atomic E-state index is -0.606. The molecule has 0 unspecified atom stereocenters. The highest BCUT2D eigenvalue weighted by Gasteiger charge is 2.28. The monoisotopic (exact) mass is 463 g/mol. The summed E-state index contributed by atoms with van der Waals surface area (Å²) in [4.78, 5) is 27.1. The first kappa shape index (κ1) is 22.3. The number of benzene rings is 4. The highest BCUT2D eigenvalue weighted by Crippen LogP contribution is 2.35. The van der Waals surface area contributed by atoms with E-state index in [0.29, 0.717) is 16.5 Å². The van der Waals surface area contributed by atoms with Crippen molar-refractivity contribution in [3.8, 4) is 0 Å². The summed E-state index contributed by atoms with van der Waals surface area (Å²) in [6, 6.07) is 30.3. The van der Waals surface area contributed by atoms with E-state index in [-0.39, 0.29) is 22.9 Å². The molecule has 5 aromatic rings. The number of furan rings is 1. The van der Waals surface area contributed by atoms with Gasteiger partial charge < -0.3 is 9.73 Å². The van der Waals surface area contributed by atoms with Crippen molar-refractivity contribution in [1.82, 2.24) is 0 Å². The number of anilines is 1. The van der Waals surface area contributed by atoms with Crippen LogP contribution in [0, 0.1) is 12.7 Å². The van der Waals surface area contributed by atoms with Crippen molar-refractivity contribution >= 4 is 28.3 Å². The molecule has 1 N–H and O–H groups in total. The molecule has 35 heavy (non-hydrogen) atoms. The third-order valence-corrected chi connectivity index (χ3v) is 6.01. The molecule has 4 aromatic carbocycles. The van der Waals surface area contributed by atoms with Crippen molar-refractivity contribution in [3.63, 3.8) is 0 Å². The summed E-state index contributed by atoms with van der Waals surface area (Å²) in [6.45, 7) is 1.63. The van der Waals surface area contributed by atoms with Crippen LogP contribution in [0.15, 0.2) is 108 Å². The van der Waals surface area contributed by atoms with Gasteiger partial charge in [0.15, 0.2) is 5.76 Å². The van der Waals surface area contributed by atoms with Crippen molar-refractivity contribution in [3.05, 3.63) is 137 Å². The minimum absolute atomic E-state index is 0.0392. The summed E-state index contributed by atoms with van der Waals surface area (Å²) in [5.41, 5.74) is 2.94. The molecule has 1 amide bonds. The number of rotatable bonds is 6. The Balaban J connectivity index is 1.59. The summed E-state index contributed by atoms with van der Waals surface area (Å²) >= 11 is 0. The minimum Gasteiger partial charge on any atom is -0.450 e. The van der Waals surface area contributed by atoms with E-state index in [9.17, 15) is 14.0 Å². The molecular weight excluding hydrogens is 441 g/mol. The summed E-state index contributed by atoms with van der Waals surface area (Å²) in [7, 11) is 0. The fraction of sp³-hybridized carbons (Fsp3) is 0.0667. The number of para-hydroxylation sites is 1. The molecule has 0 aliphatic carbocycles. The molecule has 0 spiro atoms. The van der Waals surface area contributed by atoms with Gasteiger partial charge in [-0.25, -0.2) is 4.39 Å². The molecule has 0 atom stereocenters. The third-order valence-electron chi connectivity index (χ3n) is 6.01. The fourth-order valence-corrected chi connectivity index (χ4v) is 4.18. The lowest BCUT2D eigenvalue weighted by molar-refractivity contribution is -0.116. The molecular formula is C30H22FNO3. The van der Waals surface area contributed by atoms with Crippen LogP contribution in [-0.2, 0) is 4.79 Å². The Labute approximate surface area is 202 Å². The van der Waals surface area contributed by atoms with Gasteiger partial charge in [0.1, 0.15) is 11.4 Å². The lowest BCUT2D eigenvalue weighted by Gasteiger charge is -2.18. The van der Waals surface area contributed by atoms with Gasteiger partial charge in [-0.1, -0.05) is 84.9 Å².